The van der Waals surface area contributed by atoms with Crippen molar-refractivity contribution in [1.29, 1.82) is 0 Å². The first-order valence-electron chi connectivity index (χ1n) is 5.12. The molecule has 2 atom stereocenters. The Labute approximate surface area is 128 Å². The molecule has 1 rings (SSSR count). The van der Waals surface area contributed by atoms with Gasteiger partial charge in [-0.15, -0.1) is 0 Å². The summed E-state index contributed by atoms with van der Waals surface area (Å²) in [5.74, 6) is -2.04. The standard InChI is InChI=1S/C11H8Br2F3NO3/c12-7(8(13)10(19)20)9(18)17-6-3-1-2-5(4-6)11(14,15)16/h1-4,7-8H,(H,17,18)(H,19,20)/t7-,8+/m0/s1. The van der Waals surface area contributed by atoms with E-state index in [4.69, 9.17) is 5.11 Å². The van der Waals surface area contributed by atoms with Crippen molar-refractivity contribution < 1.29 is 27.9 Å². The number of hydrogen-bond donors (Lipinski definition) is 2. The molecule has 0 bridgehead atoms. The van der Waals surface area contributed by atoms with Crippen molar-refractivity contribution in [2.24, 2.45) is 0 Å². The minimum Gasteiger partial charge on any atom is -0.480 e. The van der Waals surface area contributed by atoms with Gasteiger partial charge in [0.25, 0.3) is 0 Å². The van der Waals surface area contributed by atoms with Crippen LogP contribution < -0.4 is 5.32 Å². The first-order valence-corrected chi connectivity index (χ1v) is 6.95. The molecule has 0 radical (unpaired) electrons. The van der Waals surface area contributed by atoms with E-state index in [2.05, 4.69) is 37.2 Å². The molecule has 110 valence electrons. The van der Waals surface area contributed by atoms with E-state index in [-0.39, 0.29) is 5.69 Å². The minimum atomic E-state index is -4.52. The van der Waals surface area contributed by atoms with E-state index in [1.54, 1.807) is 0 Å². The van der Waals surface area contributed by atoms with E-state index >= 15 is 0 Å². The second kappa shape index (κ2) is 6.57. The van der Waals surface area contributed by atoms with Crippen molar-refractivity contribution in [3.8, 4) is 0 Å². The van der Waals surface area contributed by atoms with E-state index in [0.29, 0.717) is 0 Å². The van der Waals surface area contributed by atoms with Gasteiger partial charge in [-0.25, -0.2) is 0 Å². The van der Waals surface area contributed by atoms with Crippen molar-refractivity contribution in [3.63, 3.8) is 0 Å². The highest BCUT2D eigenvalue weighted by atomic mass is 79.9. The SMILES string of the molecule is O=C(Nc1cccc(C(F)(F)F)c1)[C@@H](Br)[C@@H](Br)C(=O)O. The molecule has 1 amide bonds. The number of nitrogens with one attached hydrogen (secondary N) is 1. The van der Waals surface area contributed by atoms with E-state index in [1.165, 1.54) is 6.07 Å². The second-order valence-electron chi connectivity index (χ2n) is 3.71. The van der Waals surface area contributed by atoms with Crippen LogP contribution in [0.3, 0.4) is 0 Å². The molecule has 1 aromatic rings. The largest absolute Gasteiger partial charge is 0.480 e. The second-order valence-corrected chi connectivity index (χ2v) is 5.68. The van der Waals surface area contributed by atoms with Crippen LogP contribution in [-0.2, 0) is 15.8 Å². The van der Waals surface area contributed by atoms with Crippen LogP contribution in [0, 0.1) is 0 Å². The Morgan fingerprint density at radius 2 is 1.80 bits per heavy atom. The van der Waals surface area contributed by atoms with Gasteiger partial charge in [-0.3, -0.25) is 9.59 Å². The van der Waals surface area contributed by atoms with Gasteiger partial charge in [0.1, 0.15) is 9.65 Å². The molecule has 0 aliphatic rings. The van der Waals surface area contributed by atoms with Crippen molar-refractivity contribution in [2.45, 2.75) is 15.8 Å². The molecule has 1 aromatic carbocycles. The maximum atomic E-state index is 12.5. The highest BCUT2D eigenvalue weighted by Crippen LogP contribution is 2.30. The van der Waals surface area contributed by atoms with E-state index < -0.39 is 33.3 Å². The number of amides is 1. The van der Waals surface area contributed by atoms with Crippen molar-refractivity contribution in [2.75, 3.05) is 5.32 Å². The monoisotopic (exact) mass is 417 g/mol. The van der Waals surface area contributed by atoms with E-state index in [0.717, 1.165) is 18.2 Å². The van der Waals surface area contributed by atoms with Crippen LogP contribution in [0.15, 0.2) is 24.3 Å². The number of carboxylic acid groups (broad SMARTS) is 1. The maximum Gasteiger partial charge on any atom is 0.416 e. The summed E-state index contributed by atoms with van der Waals surface area (Å²) in [7, 11) is 0. The quantitative estimate of drug-likeness (QED) is 0.737. The lowest BCUT2D eigenvalue weighted by Gasteiger charge is -2.14. The van der Waals surface area contributed by atoms with Gasteiger partial charge in [0.05, 0.1) is 5.56 Å². The number of hydrogen-bond acceptors (Lipinski definition) is 2. The van der Waals surface area contributed by atoms with Crippen LogP contribution in [0.5, 0.6) is 0 Å². The molecule has 0 unspecified atom stereocenters. The molecule has 0 aliphatic heterocycles. The summed E-state index contributed by atoms with van der Waals surface area (Å²) in [6.07, 6.45) is -4.52. The fourth-order valence-electron chi connectivity index (χ4n) is 1.24. The Morgan fingerprint density at radius 1 is 1.20 bits per heavy atom. The molecule has 0 fully saturated rings. The average Bonchev–Trinajstić information content (AvgIpc) is 2.36. The van der Waals surface area contributed by atoms with Crippen LogP contribution >= 0.6 is 31.9 Å². The van der Waals surface area contributed by atoms with Crippen LogP contribution in [0.1, 0.15) is 5.56 Å². The van der Waals surface area contributed by atoms with Crippen molar-refractivity contribution >= 4 is 49.4 Å². The lowest BCUT2D eigenvalue weighted by molar-refractivity contribution is -0.138. The van der Waals surface area contributed by atoms with Gasteiger partial charge in [-0.1, -0.05) is 37.9 Å². The molecule has 20 heavy (non-hydrogen) atoms. The summed E-state index contributed by atoms with van der Waals surface area (Å²) < 4.78 is 37.5. The Balaban J connectivity index is 2.84. The summed E-state index contributed by atoms with van der Waals surface area (Å²) in [6.45, 7) is 0. The van der Waals surface area contributed by atoms with Gasteiger partial charge < -0.3 is 10.4 Å². The van der Waals surface area contributed by atoms with Crippen molar-refractivity contribution in [3.05, 3.63) is 29.8 Å². The highest BCUT2D eigenvalue weighted by Gasteiger charge is 2.32. The van der Waals surface area contributed by atoms with E-state index in [9.17, 15) is 22.8 Å². The zero-order valence-corrected chi connectivity index (χ0v) is 12.8. The summed E-state index contributed by atoms with van der Waals surface area (Å²) in [4.78, 5) is 20.0. The summed E-state index contributed by atoms with van der Waals surface area (Å²) in [5, 5.41) is 10.9. The number of aliphatic carboxylic acids is 1. The van der Waals surface area contributed by atoms with Gasteiger partial charge in [-0.05, 0) is 18.2 Å². The number of halogens is 5. The van der Waals surface area contributed by atoms with Gasteiger partial charge in [0.15, 0.2) is 0 Å². The van der Waals surface area contributed by atoms with Crippen LogP contribution in [0.2, 0.25) is 0 Å². The van der Waals surface area contributed by atoms with Crippen molar-refractivity contribution in [1.82, 2.24) is 0 Å². The normalized spacial score (nSPS) is 14.4. The lowest BCUT2D eigenvalue weighted by Crippen LogP contribution is -2.34. The highest BCUT2D eigenvalue weighted by molar-refractivity contribution is 9.12. The number of benzene rings is 1. The zero-order chi connectivity index (χ0) is 15.5. The fraction of sp³-hybridized carbons (Fsp3) is 0.273. The number of carbonyl (C=O) groups excluding carboxylic acids is 1. The molecule has 0 aliphatic carbocycles. The summed E-state index contributed by atoms with van der Waals surface area (Å²) in [5.41, 5.74) is -0.977. The van der Waals surface area contributed by atoms with Crippen LogP contribution in [0.25, 0.3) is 0 Å². The zero-order valence-electron chi connectivity index (χ0n) is 9.62. The molecule has 0 saturated heterocycles. The van der Waals surface area contributed by atoms with Crippen LogP contribution in [0.4, 0.5) is 18.9 Å². The Bertz CT molecular complexity index is 522. The molecule has 0 aromatic heterocycles. The van der Waals surface area contributed by atoms with Gasteiger partial charge >= 0.3 is 12.1 Å². The molecular weight excluding hydrogens is 411 g/mol. The average molecular weight is 419 g/mol. The molecule has 9 heteroatoms. The number of carbonyl (C=O) groups is 2. The molecule has 4 nitrogen and oxygen atoms in total. The fourth-order valence-corrected chi connectivity index (χ4v) is 1.82. The number of anilines is 1. The minimum absolute atomic E-state index is 0.0700. The van der Waals surface area contributed by atoms with Gasteiger partial charge in [0.2, 0.25) is 5.91 Å². The lowest BCUT2D eigenvalue weighted by atomic mass is 10.2. The maximum absolute atomic E-state index is 12.5. The topological polar surface area (TPSA) is 66.4 Å². The van der Waals surface area contributed by atoms with E-state index in [1.807, 2.05) is 0 Å². The number of alkyl halides is 5. The van der Waals surface area contributed by atoms with Gasteiger partial charge in [-0.2, -0.15) is 13.2 Å². The molecule has 0 spiro atoms. The Kier molecular flexibility index (Phi) is 5.58. The predicted molar refractivity (Wildman–Crippen MR) is 73.1 cm³/mol. The first-order chi connectivity index (χ1) is 9.12. The number of carboxylic acids is 1. The molecule has 0 saturated carbocycles. The predicted octanol–water partition coefficient (Wildman–Crippen LogP) is 3.26. The van der Waals surface area contributed by atoms with Gasteiger partial charge in [0, 0.05) is 5.69 Å². The Morgan fingerprint density at radius 3 is 2.30 bits per heavy atom. The Hall–Kier alpha value is -1.09. The third kappa shape index (κ3) is 4.48. The number of rotatable bonds is 4. The summed E-state index contributed by atoms with van der Waals surface area (Å²) in [6, 6.07) is 4.05. The molecule has 2 N–H and O–H groups in total. The molecular formula is C11H8Br2F3NO3. The van der Waals surface area contributed by atoms with Crippen LogP contribution in [-0.4, -0.2) is 26.6 Å². The molecule has 0 heterocycles. The third-order valence-corrected chi connectivity index (χ3v) is 4.78. The first kappa shape index (κ1) is 17.0. The smallest absolute Gasteiger partial charge is 0.416 e. The third-order valence-electron chi connectivity index (χ3n) is 2.20. The summed E-state index contributed by atoms with van der Waals surface area (Å²) >= 11 is 5.64.